The highest BCUT2D eigenvalue weighted by atomic mass is 19.4. The average molecular weight is 1030 g/mol. The van der Waals surface area contributed by atoms with Gasteiger partial charge in [-0.15, -0.1) is 0 Å². The van der Waals surface area contributed by atoms with Gasteiger partial charge in [-0.25, -0.2) is 23.5 Å². The van der Waals surface area contributed by atoms with Gasteiger partial charge in [-0.3, -0.25) is 13.6 Å². The Morgan fingerprint density at radius 2 is 1.05 bits per heavy atom. The Morgan fingerprint density at radius 3 is 1.45 bits per heavy atom. The summed E-state index contributed by atoms with van der Waals surface area (Å²) in [5.41, 5.74) is 7.77. The molecule has 74 heavy (non-hydrogen) atoms. The molecule has 0 atom stereocenters. The van der Waals surface area contributed by atoms with E-state index in [-0.39, 0.29) is 41.4 Å². The number of alkyl halides is 6. The van der Waals surface area contributed by atoms with E-state index in [9.17, 15) is 49.8 Å². The first-order valence-corrected chi connectivity index (χ1v) is 23.4. The summed E-state index contributed by atoms with van der Waals surface area (Å²) in [5.74, 6) is -0.796. The van der Waals surface area contributed by atoms with Crippen LogP contribution in [0.15, 0.2) is 110 Å². The lowest BCUT2D eigenvalue weighted by atomic mass is 9.93. The largest absolute Gasteiger partial charge is 0.478 e. The number of anilines is 2. The standard InChI is InChI=1S/C30H29F4N3O2.C25H21F4N3O3/c1-18-4-6-21(31)13-27(18)39-22-14-24(35-11-10-30(32,33)34)28-36-16-25(37(28)17-22)20-5-7-23(19(2)12-20)26(38)15-29(3)8-9-29;1-14-3-5-17(26)10-22(14)35-18-11-20(30-8-7-25(27,28)29)23-31-12-21(32(23)13-18)16-4-6-19(24(33)34)15(2)9-16/h4-7,12-14,16-17,35H,8-11,15H2,1-3H3;3-6,9-13,30H,7-8H2,1-2H3,(H,33,34). The van der Waals surface area contributed by atoms with Crippen molar-refractivity contribution >= 4 is 34.4 Å². The Morgan fingerprint density at radius 1 is 0.622 bits per heavy atom. The molecule has 386 valence electrons. The van der Waals surface area contributed by atoms with E-state index in [0.29, 0.717) is 79.8 Å². The number of aromatic carboxylic acids is 1. The number of nitrogens with one attached hydrogen (secondary N) is 2. The van der Waals surface area contributed by atoms with Crippen LogP contribution < -0.4 is 20.1 Å². The number of aromatic nitrogens is 4. The topological polar surface area (TPSA) is 131 Å². The fourth-order valence-electron chi connectivity index (χ4n) is 8.29. The van der Waals surface area contributed by atoms with Crippen LogP contribution in [0.1, 0.15) is 82.0 Å². The number of fused-ring (bicyclic) bond motifs is 2. The molecule has 11 nitrogen and oxygen atoms in total. The minimum absolute atomic E-state index is 0.107. The van der Waals surface area contributed by atoms with Crippen molar-refractivity contribution in [3.05, 3.63) is 155 Å². The predicted octanol–water partition coefficient (Wildman–Crippen LogP) is 14.9. The highest BCUT2D eigenvalue weighted by Crippen LogP contribution is 2.49. The zero-order valence-corrected chi connectivity index (χ0v) is 40.7. The van der Waals surface area contributed by atoms with Crippen LogP contribution >= 0.6 is 0 Å². The summed E-state index contributed by atoms with van der Waals surface area (Å²) >= 11 is 0. The van der Waals surface area contributed by atoms with Crippen molar-refractivity contribution in [1.82, 2.24) is 18.8 Å². The Labute approximate surface area is 419 Å². The molecule has 0 amide bonds. The lowest BCUT2D eigenvalue weighted by Crippen LogP contribution is -2.15. The number of carbonyl (C=O) groups is 2. The van der Waals surface area contributed by atoms with Gasteiger partial charge in [0, 0.05) is 60.5 Å². The first-order valence-electron chi connectivity index (χ1n) is 23.4. The summed E-state index contributed by atoms with van der Waals surface area (Å²) in [6, 6.07) is 21.7. The van der Waals surface area contributed by atoms with E-state index in [1.807, 2.05) is 25.1 Å². The van der Waals surface area contributed by atoms with Crippen LogP contribution in [0.3, 0.4) is 0 Å². The summed E-state index contributed by atoms with van der Waals surface area (Å²) in [6.45, 7) is 8.47. The van der Waals surface area contributed by atoms with E-state index in [1.165, 1.54) is 42.6 Å². The second kappa shape index (κ2) is 20.9. The van der Waals surface area contributed by atoms with Crippen LogP contribution in [0.2, 0.25) is 0 Å². The van der Waals surface area contributed by atoms with Gasteiger partial charge in [0.15, 0.2) is 17.1 Å². The number of halogens is 8. The molecule has 4 heterocycles. The molecule has 4 aromatic heterocycles. The number of benzene rings is 4. The molecule has 1 saturated carbocycles. The van der Waals surface area contributed by atoms with Crippen LogP contribution in [0.5, 0.6) is 23.0 Å². The Balaban J connectivity index is 0.000000198. The number of rotatable bonds is 16. The SMILES string of the molecule is Cc1ccc(F)cc1Oc1cc(NCCC(F)(F)F)c2ncc(-c3ccc(C(=O)CC4(C)CC4)c(C)c3)n2c1.Cc1ccc(F)cc1Oc1cc(NCCC(F)(F)F)c2ncc(-c3ccc(C(=O)O)c(C)c3)n2c1. The molecular formula is C55H50F8N6O5. The van der Waals surface area contributed by atoms with Gasteiger partial charge >= 0.3 is 18.3 Å². The number of pyridine rings is 2. The van der Waals surface area contributed by atoms with Crippen LogP contribution in [0.25, 0.3) is 33.8 Å². The third-order valence-electron chi connectivity index (χ3n) is 12.6. The number of aryl methyl sites for hydroxylation is 4. The van der Waals surface area contributed by atoms with Crippen molar-refractivity contribution in [3.63, 3.8) is 0 Å². The van der Waals surface area contributed by atoms with Gasteiger partial charge in [0.1, 0.15) is 34.6 Å². The van der Waals surface area contributed by atoms with Gasteiger partial charge in [0.05, 0.1) is 66.0 Å². The Hall–Kier alpha value is -7.96. The van der Waals surface area contributed by atoms with Crippen LogP contribution in [0, 0.1) is 44.7 Å². The Bertz CT molecular complexity index is 3420. The molecule has 9 rings (SSSR count). The van der Waals surface area contributed by atoms with Crippen molar-refractivity contribution < 1.29 is 59.3 Å². The second-order valence-electron chi connectivity index (χ2n) is 18.7. The van der Waals surface area contributed by atoms with Crippen LogP contribution in [0.4, 0.5) is 46.5 Å². The molecule has 3 N–H and O–H groups in total. The molecule has 0 aliphatic heterocycles. The number of hydrogen-bond donors (Lipinski definition) is 3. The van der Waals surface area contributed by atoms with E-state index in [2.05, 4.69) is 27.5 Å². The van der Waals surface area contributed by atoms with E-state index in [0.717, 1.165) is 24.0 Å². The third kappa shape index (κ3) is 12.6. The van der Waals surface area contributed by atoms with Crippen molar-refractivity contribution in [1.29, 1.82) is 0 Å². The molecule has 19 heteroatoms. The lowest BCUT2D eigenvalue weighted by Gasteiger charge is -2.15. The number of imidazole rings is 2. The molecule has 0 bridgehead atoms. The summed E-state index contributed by atoms with van der Waals surface area (Å²) in [7, 11) is 0. The number of hydrogen-bond acceptors (Lipinski definition) is 8. The van der Waals surface area contributed by atoms with Gasteiger partial charge in [0.25, 0.3) is 0 Å². The molecule has 0 spiro atoms. The first-order chi connectivity index (χ1) is 34.9. The van der Waals surface area contributed by atoms with Gasteiger partial charge in [-0.1, -0.05) is 37.3 Å². The number of carbonyl (C=O) groups excluding carboxylic acids is 1. The normalized spacial score (nSPS) is 13.1. The minimum atomic E-state index is -4.33. The third-order valence-corrected chi connectivity index (χ3v) is 12.6. The summed E-state index contributed by atoms with van der Waals surface area (Å²) in [6.07, 6.45) is -1.63. The van der Waals surface area contributed by atoms with Crippen molar-refractivity contribution in [2.45, 2.75) is 79.1 Å². The van der Waals surface area contributed by atoms with Crippen molar-refractivity contribution in [2.75, 3.05) is 23.7 Å². The maximum atomic E-state index is 13.9. The monoisotopic (exact) mass is 1030 g/mol. The van der Waals surface area contributed by atoms with E-state index >= 15 is 0 Å². The average Bonchev–Trinajstić information content (AvgIpc) is 3.65. The number of nitrogens with zero attached hydrogens (tertiary/aromatic N) is 4. The molecule has 0 saturated heterocycles. The predicted molar refractivity (Wildman–Crippen MR) is 265 cm³/mol. The van der Waals surface area contributed by atoms with E-state index < -0.39 is 42.8 Å². The number of Topliss-reactive ketones (excluding diaryl/α,β-unsaturated/α-hetero) is 1. The van der Waals surface area contributed by atoms with Gasteiger partial charge in [-0.05, 0) is 98.5 Å². The summed E-state index contributed by atoms with van der Waals surface area (Å²) in [5, 5.41) is 14.9. The minimum Gasteiger partial charge on any atom is -0.478 e. The number of ketones is 1. The molecule has 0 unspecified atom stereocenters. The fraction of sp³-hybridized carbons (Fsp3) is 0.273. The number of carboxylic acid groups (broad SMARTS) is 1. The number of carboxylic acids is 1. The fourth-order valence-corrected chi connectivity index (χ4v) is 8.29. The van der Waals surface area contributed by atoms with Crippen LogP contribution in [-0.2, 0) is 0 Å². The summed E-state index contributed by atoms with van der Waals surface area (Å²) in [4.78, 5) is 33.1. The maximum Gasteiger partial charge on any atom is 0.390 e. The van der Waals surface area contributed by atoms with Crippen molar-refractivity contribution in [3.8, 4) is 45.5 Å². The zero-order valence-electron chi connectivity index (χ0n) is 40.7. The molecule has 4 aromatic carbocycles. The van der Waals surface area contributed by atoms with Crippen LogP contribution in [-0.4, -0.2) is 61.1 Å². The van der Waals surface area contributed by atoms with Gasteiger partial charge < -0.3 is 25.2 Å². The molecular weight excluding hydrogens is 977 g/mol. The van der Waals surface area contributed by atoms with Crippen molar-refractivity contribution in [2.24, 2.45) is 5.41 Å². The molecule has 8 aromatic rings. The molecule has 0 radical (unpaired) electrons. The first kappa shape index (κ1) is 52.4. The zero-order chi connectivity index (χ0) is 53.3. The molecule has 1 aliphatic carbocycles. The second-order valence-corrected chi connectivity index (χ2v) is 18.7. The van der Waals surface area contributed by atoms with Gasteiger partial charge in [0.2, 0.25) is 0 Å². The lowest BCUT2D eigenvalue weighted by molar-refractivity contribution is -0.132. The Kier molecular flexibility index (Phi) is 14.8. The highest BCUT2D eigenvalue weighted by molar-refractivity contribution is 5.98. The highest BCUT2D eigenvalue weighted by Gasteiger charge is 2.39. The summed E-state index contributed by atoms with van der Waals surface area (Å²) < 4.78 is 119. The van der Waals surface area contributed by atoms with E-state index in [1.54, 1.807) is 78.5 Å². The van der Waals surface area contributed by atoms with E-state index in [4.69, 9.17) is 9.47 Å². The maximum absolute atomic E-state index is 13.9. The molecule has 1 aliphatic rings. The molecule has 1 fully saturated rings. The quantitative estimate of drug-likeness (QED) is 0.0639. The number of ether oxygens (including phenoxy) is 2. The van der Waals surface area contributed by atoms with Gasteiger partial charge in [-0.2, -0.15) is 26.3 Å². The smallest absolute Gasteiger partial charge is 0.390 e.